The number of H-pyrrole nitrogens is 1. The summed E-state index contributed by atoms with van der Waals surface area (Å²) >= 11 is 0. The summed E-state index contributed by atoms with van der Waals surface area (Å²) in [5.74, 6) is 0.0894. The normalized spacial score (nSPS) is 12.0. The van der Waals surface area contributed by atoms with E-state index < -0.39 is 5.60 Å². The van der Waals surface area contributed by atoms with Gasteiger partial charge in [-0.25, -0.2) is 0 Å². The minimum atomic E-state index is -0.704. The maximum Gasteiger partial charge on any atom is 0.248 e. The van der Waals surface area contributed by atoms with Gasteiger partial charge in [-0.05, 0) is 50.9 Å². The lowest BCUT2D eigenvalue weighted by atomic mass is 10.0. The van der Waals surface area contributed by atoms with Gasteiger partial charge in [0, 0.05) is 18.0 Å². The number of aromatic amines is 1. The van der Waals surface area contributed by atoms with E-state index in [2.05, 4.69) is 10.3 Å². The topological polar surface area (TPSA) is 85.3 Å². The molecule has 0 spiro atoms. The van der Waals surface area contributed by atoms with Gasteiger partial charge in [0.1, 0.15) is 5.75 Å². The summed E-state index contributed by atoms with van der Waals surface area (Å²) in [6.07, 6.45) is 1.75. The minimum Gasteiger partial charge on any atom is -0.506 e. The molecule has 0 saturated heterocycles. The molecule has 1 aromatic carbocycles. The quantitative estimate of drug-likeness (QED) is 0.608. The first-order valence-electron chi connectivity index (χ1n) is 7.14. The summed E-state index contributed by atoms with van der Waals surface area (Å²) in [5, 5.41) is 23.5. The van der Waals surface area contributed by atoms with E-state index in [-0.39, 0.29) is 11.3 Å². The average Bonchev–Trinajstić information content (AvgIpc) is 2.40. The molecule has 0 fully saturated rings. The summed E-state index contributed by atoms with van der Waals surface area (Å²) in [6.45, 7) is 4.89. The lowest BCUT2D eigenvalue weighted by Gasteiger charge is -2.17. The fourth-order valence-electron chi connectivity index (χ4n) is 2.31. The van der Waals surface area contributed by atoms with E-state index in [4.69, 9.17) is 0 Å². The Morgan fingerprint density at radius 2 is 2.00 bits per heavy atom. The Morgan fingerprint density at radius 3 is 2.71 bits per heavy atom. The van der Waals surface area contributed by atoms with E-state index in [1.54, 1.807) is 26.0 Å². The van der Waals surface area contributed by atoms with Gasteiger partial charge >= 0.3 is 0 Å². The third kappa shape index (κ3) is 4.31. The molecule has 0 amide bonds. The third-order valence-electron chi connectivity index (χ3n) is 3.32. The number of hydrogen-bond acceptors (Lipinski definition) is 4. The zero-order chi connectivity index (χ0) is 15.5. The van der Waals surface area contributed by atoms with Gasteiger partial charge in [0.15, 0.2) is 0 Å². The average molecular weight is 290 g/mol. The van der Waals surface area contributed by atoms with Crippen LogP contribution in [0, 0.1) is 0 Å². The molecule has 0 unspecified atom stereocenters. The third-order valence-corrected chi connectivity index (χ3v) is 3.32. The van der Waals surface area contributed by atoms with Gasteiger partial charge in [-0.1, -0.05) is 6.07 Å². The van der Waals surface area contributed by atoms with Crippen LogP contribution >= 0.6 is 0 Å². The molecule has 0 aliphatic heterocycles. The number of aromatic hydroxyl groups is 1. The molecule has 5 heteroatoms. The number of phenolic OH excluding ortho intramolecular Hbond substituents is 1. The first-order valence-corrected chi connectivity index (χ1v) is 7.14. The number of benzene rings is 1. The van der Waals surface area contributed by atoms with Crippen LogP contribution < -0.4 is 10.9 Å². The molecule has 1 aromatic heterocycles. The van der Waals surface area contributed by atoms with Crippen LogP contribution in [0.1, 0.15) is 25.8 Å². The van der Waals surface area contributed by atoms with Crippen molar-refractivity contribution in [1.82, 2.24) is 10.3 Å². The standard InChI is InChI=1S/C16H22N2O3/c1-16(2,21)10-17-9-3-4-11-5-7-13(19)15-12(11)6-8-14(20)18-15/h5-8,17,19,21H,3-4,9-10H2,1-2H3,(H,18,20). The number of phenols is 1. The first-order chi connectivity index (χ1) is 9.87. The van der Waals surface area contributed by atoms with Crippen LogP contribution in [0.15, 0.2) is 29.1 Å². The molecule has 114 valence electrons. The van der Waals surface area contributed by atoms with Crippen LogP contribution in [0.2, 0.25) is 0 Å². The summed E-state index contributed by atoms with van der Waals surface area (Å²) in [6, 6.07) is 6.70. The van der Waals surface area contributed by atoms with Gasteiger partial charge < -0.3 is 20.5 Å². The Bertz CT molecular complexity index is 671. The second kappa shape index (κ2) is 6.28. The monoisotopic (exact) mass is 290 g/mol. The SMILES string of the molecule is CC(C)(O)CNCCCc1ccc(O)c2[nH]c(=O)ccc12. The molecular weight excluding hydrogens is 268 g/mol. The summed E-state index contributed by atoms with van der Waals surface area (Å²) in [7, 11) is 0. The van der Waals surface area contributed by atoms with Crippen molar-refractivity contribution in [3.05, 3.63) is 40.2 Å². The van der Waals surface area contributed by atoms with E-state index in [0.717, 1.165) is 30.3 Å². The molecule has 2 rings (SSSR count). The van der Waals surface area contributed by atoms with E-state index in [1.807, 2.05) is 6.07 Å². The highest BCUT2D eigenvalue weighted by Crippen LogP contribution is 2.25. The van der Waals surface area contributed by atoms with Crippen LogP contribution in [0.4, 0.5) is 0 Å². The van der Waals surface area contributed by atoms with E-state index in [0.29, 0.717) is 12.1 Å². The number of nitrogens with one attached hydrogen (secondary N) is 2. The minimum absolute atomic E-state index is 0.0894. The zero-order valence-electron chi connectivity index (χ0n) is 12.4. The Balaban J connectivity index is 2.03. The van der Waals surface area contributed by atoms with Gasteiger partial charge in [0.25, 0.3) is 0 Å². The number of aryl methyl sites for hydroxylation is 1. The summed E-state index contributed by atoms with van der Waals surface area (Å²) in [4.78, 5) is 14.0. The van der Waals surface area contributed by atoms with Gasteiger partial charge in [0.05, 0.1) is 11.1 Å². The maximum atomic E-state index is 11.3. The zero-order valence-corrected chi connectivity index (χ0v) is 12.4. The number of aromatic nitrogens is 1. The van der Waals surface area contributed by atoms with Gasteiger partial charge in [-0.3, -0.25) is 4.79 Å². The molecule has 5 nitrogen and oxygen atoms in total. The molecule has 0 saturated carbocycles. The number of rotatable bonds is 6. The fraction of sp³-hybridized carbons (Fsp3) is 0.438. The Morgan fingerprint density at radius 1 is 1.24 bits per heavy atom. The molecule has 0 aliphatic rings. The molecule has 2 aromatic rings. The van der Waals surface area contributed by atoms with E-state index >= 15 is 0 Å². The number of fused-ring (bicyclic) bond motifs is 1. The van der Waals surface area contributed by atoms with E-state index in [9.17, 15) is 15.0 Å². The fourth-order valence-corrected chi connectivity index (χ4v) is 2.31. The van der Waals surface area contributed by atoms with Gasteiger partial charge in [-0.2, -0.15) is 0 Å². The van der Waals surface area contributed by atoms with Gasteiger partial charge in [0.2, 0.25) is 5.56 Å². The molecule has 0 atom stereocenters. The number of pyridine rings is 1. The van der Waals surface area contributed by atoms with Crippen molar-refractivity contribution in [3.8, 4) is 5.75 Å². The van der Waals surface area contributed by atoms with Crippen molar-refractivity contribution in [2.24, 2.45) is 0 Å². The highest BCUT2D eigenvalue weighted by Gasteiger charge is 2.11. The van der Waals surface area contributed by atoms with Crippen molar-refractivity contribution < 1.29 is 10.2 Å². The Hall–Kier alpha value is -1.85. The molecule has 1 heterocycles. The molecule has 4 N–H and O–H groups in total. The van der Waals surface area contributed by atoms with Crippen molar-refractivity contribution in [2.45, 2.75) is 32.3 Å². The molecule has 0 bridgehead atoms. The number of aliphatic hydroxyl groups is 1. The van der Waals surface area contributed by atoms with Crippen molar-refractivity contribution in [2.75, 3.05) is 13.1 Å². The lowest BCUT2D eigenvalue weighted by Crippen LogP contribution is -2.35. The van der Waals surface area contributed by atoms with Crippen LogP contribution in [-0.4, -0.2) is 33.9 Å². The smallest absolute Gasteiger partial charge is 0.248 e. The molecular formula is C16H22N2O3. The van der Waals surface area contributed by atoms with Crippen LogP contribution in [0.3, 0.4) is 0 Å². The van der Waals surface area contributed by atoms with Crippen LogP contribution in [-0.2, 0) is 6.42 Å². The Labute approximate surface area is 123 Å². The molecule has 21 heavy (non-hydrogen) atoms. The van der Waals surface area contributed by atoms with Crippen molar-refractivity contribution in [3.63, 3.8) is 0 Å². The highest BCUT2D eigenvalue weighted by atomic mass is 16.3. The predicted octanol–water partition coefficient (Wildman–Crippen LogP) is 1.53. The lowest BCUT2D eigenvalue weighted by molar-refractivity contribution is 0.0800. The maximum absolute atomic E-state index is 11.3. The number of hydrogen-bond donors (Lipinski definition) is 4. The second-order valence-electron chi connectivity index (χ2n) is 5.95. The van der Waals surface area contributed by atoms with Gasteiger partial charge in [-0.15, -0.1) is 0 Å². The predicted molar refractivity (Wildman–Crippen MR) is 83.7 cm³/mol. The van der Waals surface area contributed by atoms with Crippen molar-refractivity contribution in [1.29, 1.82) is 0 Å². The Kier molecular flexibility index (Phi) is 4.65. The highest BCUT2D eigenvalue weighted by molar-refractivity contribution is 5.87. The molecule has 0 radical (unpaired) electrons. The van der Waals surface area contributed by atoms with Crippen LogP contribution in [0.25, 0.3) is 10.9 Å². The summed E-state index contributed by atoms with van der Waals surface area (Å²) < 4.78 is 0. The van der Waals surface area contributed by atoms with Crippen molar-refractivity contribution >= 4 is 10.9 Å². The second-order valence-corrected chi connectivity index (χ2v) is 5.95. The van der Waals surface area contributed by atoms with Crippen LogP contribution in [0.5, 0.6) is 5.75 Å². The first kappa shape index (κ1) is 15.5. The summed E-state index contributed by atoms with van der Waals surface area (Å²) in [5.41, 5.74) is 0.653. The van der Waals surface area contributed by atoms with E-state index in [1.165, 1.54) is 6.07 Å². The largest absolute Gasteiger partial charge is 0.506 e. The molecule has 0 aliphatic carbocycles.